The Balaban J connectivity index is 1.67. The summed E-state index contributed by atoms with van der Waals surface area (Å²) in [5.74, 6) is 11.7. The average molecular weight is 581 g/mol. The zero-order valence-electron chi connectivity index (χ0n) is 22.9. The summed E-state index contributed by atoms with van der Waals surface area (Å²) in [4.78, 5) is 23.6. The molecule has 0 radical (unpaired) electrons. The van der Waals surface area contributed by atoms with Gasteiger partial charge in [-0.1, -0.05) is 11.8 Å². The lowest BCUT2D eigenvalue weighted by Crippen LogP contribution is -2.49. The first kappa shape index (κ1) is 30.1. The fraction of sp³-hybridized carbons (Fsp3) is 0.414. The summed E-state index contributed by atoms with van der Waals surface area (Å²) in [6.45, 7) is 6.68. The van der Waals surface area contributed by atoms with E-state index in [4.69, 9.17) is 20.3 Å². The van der Waals surface area contributed by atoms with Gasteiger partial charge in [-0.2, -0.15) is 0 Å². The first-order chi connectivity index (χ1) is 19.6. The second-order valence-corrected chi connectivity index (χ2v) is 10.9. The van der Waals surface area contributed by atoms with Crippen LogP contribution in [0.2, 0.25) is 0 Å². The number of aromatic nitrogens is 2. The molecule has 1 saturated heterocycles. The summed E-state index contributed by atoms with van der Waals surface area (Å²) in [7, 11) is 1.37. The molecule has 2 aliphatic rings. The molecule has 2 aromatic heterocycles. The van der Waals surface area contributed by atoms with Gasteiger partial charge in [0.05, 0.1) is 37.6 Å². The van der Waals surface area contributed by atoms with E-state index in [0.29, 0.717) is 36.6 Å². The molecule has 0 spiro atoms. The fourth-order valence-corrected chi connectivity index (χ4v) is 4.47. The lowest BCUT2D eigenvalue weighted by molar-refractivity contribution is 0.00739. The molecule has 41 heavy (non-hydrogen) atoms. The Labute approximate surface area is 241 Å². The Morgan fingerprint density at radius 2 is 1.93 bits per heavy atom. The van der Waals surface area contributed by atoms with Crippen LogP contribution in [0, 0.1) is 40.4 Å². The SMILES string of the molecule is COc1cnc(C(F)F)cc1-c1cc(C#CC(C)(C)N2CCOCC2)ncc1C(=O)NC(=N)SC(=N)C#CC1CC1. The number of morpholine rings is 1. The highest BCUT2D eigenvalue weighted by atomic mass is 32.2. The van der Waals surface area contributed by atoms with E-state index in [0.717, 1.165) is 32.0 Å². The quantitative estimate of drug-likeness (QED) is 0.273. The summed E-state index contributed by atoms with van der Waals surface area (Å²) in [6, 6.07) is 2.69. The molecular weight excluding hydrogens is 550 g/mol. The molecule has 4 rings (SSSR count). The van der Waals surface area contributed by atoms with Gasteiger partial charge in [0, 0.05) is 36.3 Å². The summed E-state index contributed by atoms with van der Waals surface area (Å²) in [6.07, 6.45) is 1.62. The Morgan fingerprint density at radius 1 is 1.20 bits per heavy atom. The minimum atomic E-state index is -2.85. The third kappa shape index (κ3) is 8.10. The highest BCUT2D eigenvalue weighted by Crippen LogP contribution is 2.35. The van der Waals surface area contributed by atoms with Gasteiger partial charge < -0.3 is 14.8 Å². The molecular formula is C29H30F2N6O3S. The van der Waals surface area contributed by atoms with Crippen LogP contribution in [0.15, 0.2) is 24.5 Å². The van der Waals surface area contributed by atoms with Crippen molar-refractivity contribution in [2.75, 3.05) is 33.4 Å². The van der Waals surface area contributed by atoms with Crippen LogP contribution in [0.25, 0.3) is 11.1 Å². The predicted octanol–water partition coefficient (Wildman–Crippen LogP) is 4.34. The van der Waals surface area contributed by atoms with Gasteiger partial charge in [-0.3, -0.25) is 25.5 Å². The Kier molecular flexibility index (Phi) is 9.71. The number of alkyl halides is 2. The Bertz CT molecular complexity index is 1460. The molecule has 0 aromatic carbocycles. The first-order valence-corrected chi connectivity index (χ1v) is 13.8. The first-order valence-electron chi connectivity index (χ1n) is 12.9. The molecule has 0 unspecified atom stereocenters. The van der Waals surface area contributed by atoms with Crippen molar-refractivity contribution in [3.8, 4) is 40.6 Å². The molecule has 2 aromatic rings. The molecule has 0 atom stereocenters. The van der Waals surface area contributed by atoms with E-state index in [9.17, 15) is 13.6 Å². The number of methoxy groups -OCH3 is 1. The topological polar surface area (TPSA) is 124 Å². The van der Waals surface area contributed by atoms with Gasteiger partial charge in [0.1, 0.15) is 22.2 Å². The molecule has 9 nitrogen and oxygen atoms in total. The monoisotopic (exact) mass is 580 g/mol. The second-order valence-electron chi connectivity index (χ2n) is 9.89. The van der Waals surface area contributed by atoms with Crippen LogP contribution < -0.4 is 10.1 Å². The van der Waals surface area contributed by atoms with Gasteiger partial charge in [0.15, 0.2) is 5.17 Å². The van der Waals surface area contributed by atoms with Gasteiger partial charge in [0.2, 0.25) is 0 Å². The third-order valence-electron chi connectivity index (χ3n) is 6.47. The average Bonchev–Trinajstić information content (AvgIpc) is 3.79. The number of carbonyl (C=O) groups is 1. The molecule has 0 bridgehead atoms. The number of hydrogen-bond acceptors (Lipinski definition) is 9. The van der Waals surface area contributed by atoms with E-state index < -0.39 is 23.6 Å². The lowest BCUT2D eigenvalue weighted by Gasteiger charge is -2.37. The zero-order chi connectivity index (χ0) is 29.6. The predicted molar refractivity (Wildman–Crippen MR) is 153 cm³/mol. The van der Waals surface area contributed by atoms with Crippen molar-refractivity contribution in [3.05, 3.63) is 41.5 Å². The van der Waals surface area contributed by atoms with Gasteiger partial charge in [-0.15, -0.1) is 0 Å². The molecule has 1 aliphatic heterocycles. The van der Waals surface area contributed by atoms with Gasteiger partial charge in [-0.25, -0.2) is 13.8 Å². The summed E-state index contributed by atoms with van der Waals surface area (Å²) in [5, 5.41) is 18.2. The number of nitrogens with one attached hydrogen (secondary N) is 3. The molecule has 1 amide bonds. The number of ether oxygens (including phenoxy) is 2. The number of hydrogen-bond donors (Lipinski definition) is 3. The van der Waals surface area contributed by atoms with Crippen LogP contribution in [-0.2, 0) is 4.74 Å². The summed E-state index contributed by atoms with van der Waals surface area (Å²) in [5.41, 5.74) is -0.226. The number of thioether (sulfide) groups is 1. The minimum absolute atomic E-state index is 0.00801. The molecule has 1 aliphatic carbocycles. The Hall–Kier alpha value is -3.84. The van der Waals surface area contributed by atoms with E-state index in [1.165, 1.54) is 25.6 Å². The molecule has 3 N–H and O–H groups in total. The maximum Gasteiger partial charge on any atom is 0.280 e. The third-order valence-corrected chi connectivity index (χ3v) is 7.08. The highest BCUT2D eigenvalue weighted by Gasteiger charge is 2.26. The number of halogens is 2. The van der Waals surface area contributed by atoms with E-state index in [-0.39, 0.29) is 32.7 Å². The molecule has 3 heterocycles. The van der Waals surface area contributed by atoms with Crippen molar-refractivity contribution in [3.63, 3.8) is 0 Å². The fourth-order valence-electron chi connectivity index (χ4n) is 4.02. The number of carbonyl (C=O) groups excluding carboxylic acids is 1. The summed E-state index contributed by atoms with van der Waals surface area (Å²) >= 11 is 0.706. The number of amides is 1. The van der Waals surface area contributed by atoms with E-state index in [1.54, 1.807) is 0 Å². The highest BCUT2D eigenvalue weighted by molar-refractivity contribution is 8.26. The normalized spacial score (nSPS) is 15.3. The van der Waals surface area contributed by atoms with Crippen LogP contribution >= 0.6 is 11.8 Å². The van der Waals surface area contributed by atoms with Gasteiger partial charge in [0.25, 0.3) is 12.3 Å². The van der Waals surface area contributed by atoms with Crippen LogP contribution in [-0.4, -0.2) is 69.9 Å². The summed E-state index contributed by atoms with van der Waals surface area (Å²) < 4.78 is 38.0. The van der Waals surface area contributed by atoms with Crippen LogP contribution in [0.1, 0.15) is 54.9 Å². The number of amidine groups is 1. The van der Waals surface area contributed by atoms with Crippen molar-refractivity contribution in [1.29, 1.82) is 10.8 Å². The van der Waals surface area contributed by atoms with Crippen LogP contribution in [0.4, 0.5) is 8.78 Å². The largest absolute Gasteiger partial charge is 0.494 e. The number of nitrogens with zero attached hydrogens (tertiary/aromatic N) is 3. The maximum absolute atomic E-state index is 13.6. The Morgan fingerprint density at radius 3 is 2.59 bits per heavy atom. The second kappa shape index (κ2) is 13.2. The zero-order valence-corrected chi connectivity index (χ0v) is 23.8. The number of rotatable bonds is 5. The van der Waals surface area contributed by atoms with Gasteiger partial charge in [-0.05, 0) is 62.4 Å². The molecule has 1 saturated carbocycles. The molecule has 12 heteroatoms. The van der Waals surface area contributed by atoms with Crippen molar-refractivity contribution < 1.29 is 23.0 Å². The molecule has 2 fully saturated rings. The van der Waals surface area contributed by atoms with Crippen LogP contribution in [0.5, 0.6) is 5.75 Å². The maximum atomic E-state index is 13.6. The standard InChI is InChI=1S/C29H30F2N6O3S/c1-29(2,37-10-12-40-13-11-37)9-8-19-14-20(21-15-23(26(30)31)35-17-24(21)39-3)22(16-34-19)27(38)36-28(33)41-25(32)7-6-18-4-5-18/h14-18,26,32H,4-5,10-13H2,1-3H3,(H2,33,36,38). The lowest BCUT2D eigenvalue weighted by atomic mass is 9.98. The smallest absolute Gasteiger partial charge is 0.280 e. The van der Waals surface area contributed by atoms with Crippen molar-refractivity contribution >= 4 is 27.9 Å². The van der Waals surface area contributed by atoms with Crippen molar-refractivity contribution in [2.45, 2.75) is 38.7 Å². The van der Waals surface area contributed by atoms with Crippen LogP contribution in [0.3, 0.4) is 0 Å². The van der Waals surface area contributed by atoms with E-state index in [1.807, 2.05) is 13.8 Å². The number of pyridine rings is 2. The minimum Gasteiger partial charge on any atom is -0.494 e. The van der Waals surface area contributed by atoms with Crippen molar-refractivity contribution in [2.24, 2.45) is 5.92 Å². The van der Waals surface area contributed by atoms with Crippen molar-refractivity contribution in [1.82, 2.24) is 20.2 Å². The van der Waals surface area contributed by atoms with E-state index >= 15 is 0 Å². The van der Waals surface area contributed by atoms with Gasteiger partial charge >= 0.3 is 0 Å². The van der Waals surface area contributed by atoms with E-state index in [2.05, 4.69) is 43.9 Å². The molecule has 214 valence electrons.